The smallest absolute Gasteiger partial charge is 0.364 e. The number of carboxylic acid groups (broad SMARTS) is 1. The Morgan fingerprint density at radius 3 is 1.68 bits per heavy atom. The molecule has 0 heterocycles. The van der Waals surface area contributed by atoms with E-state index < -0.39 is 12.0 Å². The Hall–Kier alpha value is -1.10. The maximum absolute atomic E-state index is 11.8. The van der Waals surface area contributed by atoms with E-state index in [0.717, 1.165) is 12.8 Å². The summed E-state index contributed by atoms with van der Waals surface area (Å²) in [5, 5.41) is 12.0. The van der Waals surface area contributed by atoms with Crippen molar-refractivity contribution in [1.29, 1.82) is 0 Å². The highest BCUT2D eigenvalue weighted by Crippen LogP contribution is 2.12. The minimum absolute atomic E-state index is 0.0318. The van der Waals surface area contributed by atoms with Crippen LogP contribution in [0, 0.1) is 0 Å². The molecule has 0 aliphatic heterocycles. The molecule has 0 spiro atoms. The second-order valence-corrected chi connectivity index (χ2v) is 8.06. The molecule has 1 amide bonds. The molecular formula is C20H41N2O3+. The number of hydrogen-bond acceptors (Lipinski definition) is 2. The predicted octanol–water partition coefficient (Wildman–Crippen LogP) is 3.96. The van der Waals surface area contributed by atoms with Crippen LogP contribution in [-0.4, -0.2) is 55.2 Å². The lowest BCUT2D eigenvalue weighted by Crippen LogP contribution is -2.55. The van der Waals surface area contributed by atoms with Crippen LogP contribution in [0.5, 0.6) is 0 Å². The number of hydrogen-bond donors (Lipinski definition) is 2. The first-order valence-corrected chi connectivity index (χ1v) is 10.1. The Bertz CT molecular complexity index is 364. The van der Waals surface area contributed by atoms with Gasteiger partial charge in [0.15, 0.2) is 0 Å². The number of carbonyl (C=O) groups excluding carboxylic acids is 1. The molecule has 0 bridgehead atoms. The zero-order valence-corrected chi connectivity index (χ0v) is 17.0. The highest BCUT2D eigenvalue weighted by atomic mass is 16.4. The Morgan fingerprint density at radius 1 is 0.840 bits per heavy atom. The van der Waals surface area contributed by atoms with E-state index >= 15 is 0 Å². The van der Waals surface area contributed by atoms with E-state index in [1.54, 1.807) is 0 Å². The van der Waals surface area contributed by atoms with Crippen molar-refractivity contribution in [2.45, 2.75) is 90.0 Å². The zero-order chi connectivity index (χ0) is 19.1. The normalized spacial score (nSPS) is 12.8. The van der Waals surface area contributed by atoms with Gasteiger partial charge in [-0.3, -0.25) is 4.79 Å². The number of carbonyl (C=O) groups is 2. The van der Waals surface area contributed by atoms with Crippen LogP contribution in [0.25, 0.3) is 0 Å². The molecule has 1 unspecified atom stereocenters. The molecular weight excluding hydrogens is 316 g/mol. The maximum atomic E-state index is 11.8. The van der Waals surface area contributed by atoms with Crippen molar-refractivity contribution >= 4 is 11.9 Å². The van der Waals surface area contributed by atoms with E-state index in [1.165, 1.54) is 57.8 Å². The molecule has 0 aromatic heterocycles. The third-order valence-corrected chi connectivity index (χ3v) is 4.72. The monoisotopic (exact) mass is 357 g/mol. The number of aliphatic carboxylic acids is 1. The van der Waals surface area contributed by atoms with Crippen molar-refractivity contribution in [3.05, 3.63) is 0 Å². The predicted molar refractivity (Wildman–Crippen MR) is 104 cm³/mol. The van der Waals surface area contributed by atoms with Gasteiger partial charge in [0, 0.05) is 6.42 Å². The topological polar surface area (TPSA) is 66.4 Å². The van der Waals surface area contributed by atoms with Gasteiger partial charge in [0.05, 0.1) is 27.7 Å². The van der Waals surface area contributed by atoms with E-state index in [1.807, 2.05) is 21.1 Å². The fraction of sp³-hybridized carbons (Fsp3) is 0.900. The first-order chi connectivity index (χ1) is 11.8. The minimum Gasteiger partial charge on any atom is -0.477 e. The molecule has 0 rings (SSSR count). The molecule has 0 saturated carbocycles. The fourth-order valence-electron chi connectivity index (χ4n) is 2.94. The number of carboxylic acids is 1. The van der Waals surface area contributed by atoms with Crippen LogP contribution in [0.3, 0.4) is 0 Å². The second kappa shape index (κ2) is 14.1. The Balaban J connectivity index is 3.57. The van der Waals surface area contributed by atoms with Crippen LogP contribution in [0.1, 0.15) is 84.0 Å². The molecule has 0 aromatic carbocycles. The number of quaternary nitrogens is 1. The Kier molecular flexibility index (Phi) is 13.5. The summed E-state index contributed by atoms with van der Waals surface area (Å²) in [6.07, 6.45) is 14.4. The summed E-state index contributed by atoms with van der Waals surface area (Å²) in [6.45, 7) is 2.43. The Morgan fingerprint density at radius 2 is 1.28 bits per heavy atom. The zero-order valence-electron chi connectivity index (χ0n) is 17.0. The van der Waals surface area contributed by atoms with Crippen molar-refractivity contribution in [2.24, 2.45) is 0 Å². The van der Waals surface area contributed by atoms with Gasteiger partial charge in [-0.25, -0.2) is 4.79 Å². The second-order valence-electron chi connectivity index (χ2n) is 8.06. The molecule has 0 aliphatic rings. The summed E-state index contributed by atoms with van der Waals surface area (Å²) in [5.41, 5.74) is 0. The highest BCUT2D eigenvalue weighted by Gasteiger charge is 2.31. The lowest BCUT2D eigenvalue weighted by molar-refractivity contribution is -0.885. The van der Waals surface area contributed by atoms with Gasteiger partial charge in [-0.15, -0.1) is 0 Å². The van der Waals surface area contributed by atoms with Gasteiger partial charge in [0.1, 0.15) is 0 Å². The largest absolute Gasteiger partial charge is 0.477 e. The van der Waals surface area contributed by atoms with Crippen LogP contribution in [-0.2, 0) is 9.59 Å². The van der Waals surface area contributed by atoms with Crippen molar-refractivity contribution in [2.75, 3.05) is 27.7 Å². The van der Waals surface area contributed by atoms with E-state index in [0.29, 0.717) is 10.9 Å². The van der Waals surface area contributed by atoms with E-state index in [-0.39, 0.29) is 12.5 Å². The number of likely N-dealkylation sites (N-methyl/N-ethyl adjacent to an activating group) is 1. The molecule has 148 valence electrons. The average molecular weight is 358 g/mol. The molecule has 2 N–H and O–H groups in total. The van der Waals surface area contributed by atoms with Crippen LogP contribution in [0.15, 0.2) is 0 Å². The lowest BCUT2D eigenvalue weighted by Gasteiger charge is -2.31. The van der Waals surface area contributed by atoms with Crippen LogP contribution >= 0.6 is 0 Å². The molecule has 1 atom stereocenters. The summed E-state index contributed by atoms with van der Waals surface area (Å²) in [4.78, 5) is 23.1. The number of amides is 1. The van der Waals surface area contributed by atoms with E-state index in [9.17, 15) is 14.7 Å². The van der Waals surface area contributed by atoms with Gasteiger partial charge in [-0.05, 0) is 6.42 Å². The average Bonchev–Trinajstić information content (AvgIpc) is 2.51. The van der Waals surface area contributed by atoms with Gasteiger partial charge < -0.3 is 14.9 Å². The molecule has 5 nitrogen and oxygen atoms in total. The summed E-state index contributed by atoms with van der Waals surface area (Å²) < 4.78 is 0.300. The highest BCUT2D eigenvalue weighted by molar-refractivity contribution is 5.78. The van der Waals surface area contributed by atoms with Gasteiger partial charge in [0.25, 0.3) is 0 Å². The molecule has 0 aromatic rings. The SMILES string of the molecule is CCCCCCCCCCCCCC(=O)NCC(C(=O)O)[N+](C)(C)C. The van der Waals surface area contributed by atoms with E-state index in [4.69, 9.17) is 0 Å². The van der Waals surface area contributed by atoms with Crippen molar-refractivity contribution in [1.82, 2.24) is 5.32 Å². The van der Waals surface area contributed by atoms with Crippen LogP contribution in [0.4, 0.5) is 0 Å². The third kappa shape index (κ3) is 13.8. The molecule has 0 radical (unpaired) electrons. The Labute approximate surface area is 154 Å². The molecule has 0 aliphatic carbocycles. The number of rotatable bonds is 16. The maximum Gasteiger partial charge on any atom is 0.364 e. The lowest BCUT2D eigenvalue weighted by atomic mass is 10.1. The van der Waals surface area contributed by atoms with E-state index in [2.05, 4.69) is 12.2 Å². The number of nitrogens with one attached hydrogen (secondary N) is 1. The van der Waals surface area contributed by atoms with Crippen molar-refractivity contribution in [3.63, 3.8) is 0 Å². The van der Waals surface area contributed by atoms with Gasteiger partial charge >= 0.3 is 5.97 Å². The van der Waals surface area contributed by atoms with Gasteiger partial charge in [-0.1, -0.05) is 71.1 Å². The van der Waals surface area contributed by atoms with Gasteiger partial charge in [0.2, 0.25) is 11.9 Å². The third-order valence-electron chi connectivity index (χ3n) is 4.72. The van der Waals surface area contributed by atoms with Crippen molar-refractivity contribution < 1.29 is 19.2 Å². The van der Waals surface area contributed by atoms with Crippen LogP contribution < -0.4 is 5.32 Å². The quantitative estimate of drug-likeness (QED) is 0.324. The van der Waals surface area contributed by atoms with Gasteiger partial charge in [-0.2, -0.15) is 0 Å². The first-order valence-electron chi connectivity index (χ1n) is 10.1. The fourth-order valence-corrected chi connectivity index (χ4v) is 2.94. The minimum atomic E-state index is -0.873. The van der Waals surface area contributed by atoms with Crippen molar-refractivity contribution in [3.8, 4) is 0 Å². The summed E-state index contributed by atoms with van der Waals surface area (Å²) in [5.74, 6) is -0.905. The summed E-state index contributed by atoms with van der Waals surface area (Å²) >= 11 is 0. The molecule has 25 heavy (non-hydrogen) atoms. The molecule has 0 saturated heterocycles. The number of nitrogens with zero attached hydrogens (tertiary/aromatic N) is 1. The summed E-state index contributed by atoms with van der Waals surface area (Å²) in [7, 11) is 5.48. The molecule has 0 fully saturated rings. The number of unbranched alkanes of at least 4 members (excludes halogenated alkanes) is 10. The standard InChI is InChI=1S/C20H40N2O3/c1-5-6-7-8-9-10-11-12-13-14-15-16-19(23)21-17-18(20(24)25)22(2,3)4/h18H,5-17H2,1-4H3,(H-,21,23,24,25)/p+1. The molecule has 5 heteroatoms. The summed E-state index contributed by atoms with van der Waals surface area (Å²) in [6, 6.07) is -0.610. The first kappa shape index (κ1) is 23.9. The van der Waals surface area contributed by atoms with Crippen LogP contribution in [0.2, 0.25) is 0 Å².